The lowest BCUT2D eigenvalue weighted by molar-refractivity contribution is -0.227. The van der Waals surface area contributed by atoms with Crippen LogP contribution >= 0.6 is 15.9 Å². The molecule has 5 atom stereocenters. The van der Waals surface area contributed by atoms with Crippen LogP contribution in [0.3, 0.4) is 0 Å². The Balaban J connectivity index is 1.76. The van der Waals surface area contributed by atoms with E-state index in [0.29, 0.717) is 6.42 Å². The van der Waals surface area contributed by atoms with Crippen molar-refractivity contribution in [1.82, 2.24) is 4.90 Å². The van der Waals surface area contributed by atoms with Gasteiger partial charge in [-0.1, -0.05) is 30.3 Å². The summed E-state index contributed by atoms with van der Waals surface area (Å²) >= 11 is 3.16. The molecular weight excluding hydrogens is 514 g/mol. The Kier molecular flexibility index (Phi) is 8.96. The van der Waals surface area contributed by atoms with Crippen molar-refractivity contribution >= 4 is 33.7 Å². The molecule has 0 spiro atoms. The molecule has 1 saturated heterocycles. The Labute approximate surface area is 205 Å². The lowest BCUT2D eigenvalue weighted by Gasteiger charge is -2.38. The molecule has 0 radical (unpaired) electrons. The third-order valence-corrected chi connectivity index (χ3v) is 6.54. The number of carbonyl (C=O) groups is 3. The van der Waals surface area contributed by atoms with E-state index in [0.717, 1.165) is 16.5 Å². The van der Waals surface area contributed by atoms with Crippen molar-refractivity contribution in [3.05, 3.63) is 46.5 Å². The molecule has 2 amide bonds. The predicted molar refractivity (Wildman–Crippen MR) is 122 cm³/mol. The number of aliphatic hydroxyl groups excluding tert-OH is 1. The van der Waals surface area contributed by atoms with Crippen molar-refractivity contribution in [1.29, 1.82) is 0 Å². The van der Waals surface area contributed by atoms with Gasteiger partial charge in [-0.15, -0.1) is 0 Å². The third-order valence-electron chi connectivity index (χ3n) is 5.69. The fourth-order valence-electron chi connectivity index (χ4n) is 3.95. The number of amides is 2. The number of imide groups is 1. The van der Waals surface area contributed by atoms with Crippen LogP contribution in [0.25, 0.3) is 0 Å². The Hall–Kier alpha value is -2.15. The molecule has 3 rings (SSSR count). The zero-order chi connectivity index (χ0) is 24.9. The van der Waals surface area contributed by atoms with E-state index >= 15 is 0 Å². The van der Waals surface area contributed by atoms with Gasteiger partial charge in [0.25, 0.3) is 5.91 Å². The zero-order valence-corrected chi connectivity index (χ0v) is 20.5. The van der Waals surface area contributed by atoms with Gasteiger partial charge in [-0.2, -0.15) is 0 Å². The Morgan fingerprint density at radius 2 is 1.97 bits per heavy atom. The van der Waals surface area contributed by atoms with Crippen LogP contribution < -0.4 is 0 Å². The number of aliphatic hydroxyl groups is 2. The maximum absolute atomic E-state index is 13.4. The van der Waals surface area contributed by atoms with Gasteiger partial charge in [0.15, 0.2) is 23.8 Å². The largest absolute Gasteiger partial charge is 0.439 e. The maximum atomic E-state index is 13.4. The van der Waals surface area contributed by atoms with E-state index in [9.17, 15) is 19.5 Å². The second kappa shape index (κ2) is 11.5. The van der Waals surface area contributed by atoms with Gasteiger partial charge in [-0.25, -0.2) is 9.69 Å². The molecule has 10 nitrogen and oxygen atoms in total. The van der Waals surface area contributed by atoms with Gasteiger partial charge in [-0.3, -0.25) is 9.59 Å². The van der Waals surface area contributed by atoms with Crippen LogP contribution in [0.2, 0.25) is 0 Å². The first-order chi connectivity index (χ1) is 16.2. The summed E-state index contributed by atoms with van der Waals surface area (Å²) in [6.07, 6.45) is -2.99. The first-order valence-corrected chi connectivity index (χ1v) is 11.6. The van der Waals surface area contributed by atoms with Gasteiger partial charge in [0.2, 0.25) is 0 Å². The highest BCUT2D eigenvalue weighted by Gasteiger charge is 2.51. The summed E-state index contributed by atoms with van der Waals surface area (Å²) in [7, 11) is 1.22. The number of cyclic esters (lactones) is 1. The van der Waals surface area contributed by atoms with Crippen LogP contribution in [0.1, 0.15) is 31.4 Å². The molecular formula is C23H28BrNO9. The molecule has 0 unspecified atom stereocenters. The average molecular weight is 542 g/mol. The molecule has 34 heavy (non-hydrogen) atoms. The molecule has 2 N–H and O–H groups in total. The Morgan fingerprint density at radius 1 is 1.26 bits per heavy atom. The summed E-state index contributed by atoms with van der Waals surface area (Å²) in [5.41, 5.74) is 0.724. The summed E-state index contributed by atoms with van der Waals surface area (Å²) in [6, 6.07) is 8.34. The molecule has 0 bridgehead atoms. The molecule has 1 aromatic rings. The highest BCUT2D eigenvalue weighted by atomic mass is 79.9. The fraction of sp³-hybridized carbons (Fsp3) is 0.522. The third kappa shape index (κ3) is 5.56. The van der Waals surface area contributed by atoms with Crippen molar-refractivity contribution in [2.24, 2.45) is 0 Å². The number of hydrogen-bond acceptors (Lipinski definition) is 9. The van der Waals surface area contributed by atoms with E-state index in [1.165, 1.54) is 7.11 Å². The number of methoxy groups -OCH3 is 1. The Bertz CT molecular complexity index is 924. The number of benzene rings is 1. The van der Waals surface area contributed by atoms with E-state index in [4.69, 9.17) is 24.1 Å². The topological polar surface area (TPSA) is 132 Å². The molecule has 2 heterocycles. The first kappa shape index (κ1) is 26.5. The number of ether oxygens (including phenoxy) is 4. The second-order valence-electron chi connectivity index (χ2n) is 7.98. The molecule has 1 aromatic carbocycles. The van der Waals surface area contributed by atoms with Gasteiger partial charge < -0.3 is 29.2 Å². The number of carbonyl (C=O) groups excluding carboxylic acids is 3. The molecule has 0 saturated carbocycles. The molecule has 186 valence electrons. The van der Waals surface area contributed by atoms with Gasteiger partial charge in [0.1, 0.15) is 6.10 Å². The number of halogens is 1. The maximum Gasteiger partial charge on any atom is 0.417 e. The van der Waals surface area contributed by atoms with E-state index in [1.54, 1.807) is 31.2 Å². The van der Waals surface area contributed by atoms with Crippen molar-refractivity contribution in [3.8, 4) is 0 Å². The van der Waals surface area contributed by atoms with Gasteiger partial charge in [-0.05, 0) is 40.9 Å². The van der Waals surface area contributed by atoms with Crippen molar-refractivity contribution in [2.75, 3.05) is 26.9 Å². The molecule has 11 heteroatoms. The summed E-state index contributed by atoms with van der Waals surface area (Å²) < 4.78 is 21.7. The zero-order valence-electron chi connectivity index (χ0n) is 18.9. The van der Waals surface area contributed by atoms with Crippen LogP contribution in [0, 0.1) is 0 Å². The molecule has 0 aromatic heterocycles. The van der Waals surface area contributed by atoms with Crippen LogP contribution in [-0.2, 0) is 28.5 Å². The first-order valence-electron chi connectivity index (χ1n) is 10.8. The lowest BCUT2D eigenvalue weighted by atomic mass is 9.98. The molecule has 2 aliphatic rings. The normalized spacial score (nSPS) is 28.0. The van der Waals surface area contributed by atoms with Gasteiger partial charge in [0.05, 0.1) is 23.7 Å². The monoisotopic (exact) mass is 541 g/mol. The highest BCUT2D eigenvalue weighted by Crippen LogP contribution is 2.37. The number of rotatable bonds is 10. The predicted octanol–water partition coefficient (Wildman–Crippen LogP) is 1.83. The highest BCUT2D eigenvalue weighted by molar-refractivity contribution is 9.11. The Morgan fingerprint density at radius 3 is 2.62 bits per heavy atom. The van der Waals surface area contributed by atoms with E-state index in [2.05, 4.69) is 15.9 Å². The fourth-order valence-corrected chi connectivity index (χ4v) is 4.47. The van der Waals surface area contributed by atoms with Crippen LogP contribution in [0.5, 0.6) is 0 Å². The lowest BCUT2D eigenvalue weighted by Crippen LogP contribution is -2.56. The van der Waals surface area contributed by atoms with Crippen molar-refractivity contribution in [2.45, 2.75) is 49.9 Å². The van der Waals surface area contributed by atoms with E-state index in [1.807, 2.05) is 6.07 Å². The van der Waals surface area contributed by atoms with E-state index < -0.39 is 47.9 Å². The van der Waals surface area contributed by atoms with Crippen molar-refractivity contribution in [3.63, 3.8) is 0 Å². The molecule has 1 fully saturated rings. The second-order valence-corrected chi connectivity index (χ2v) is 8.83. The summed E-state index contributed by atoms with van der Waals surface area (Å²) in [4.78, 5) is 39.6. The van der Waals surface area contributed by atoms with Crippen molar-refractivity contribution < 1.29 is 43.5 Å². The van der Waals surface area contributed by atoms with Crippen LogP contribution in [0.4, 0.5) is 4.79 Å². The quantitative estimate of drug-likeness (QED) is 0.425. The number of nitrogens with zero attached hydrogens (tertiary/aromatic N) is 1. The minimum absolute atomic E-state index is 0.0438. The average Bonchev–Trinajstić information content (AvgIpc) is 3.12. The summed E-state index contributed by atoms with van der Waals surface area (Å²) in [5.74, 6) is -3.31. The minimum atomic E-state index is -1.90. The smallest absolute Gasteiger partial charge is 0.417 e. The van der Waals surface area contributed by atoms with E-state index in [-0.39, 0.29) is 30.7 Å². The number of hydrogen-bond donors (Lipinski definition) is 2. The van der Waals surface area contributed by atoms with Gasteiger partial charge in [0, 0.05) is 20.1 Å². The van der Waals surface area contributed by atoms with Crippen LogP contribution in [-0.4, -0.2) is 83.9 Å². The SMILES string of the molecule is CO[C@@H](C(=O)N1C(=O)O[C@@H](c2ccccc2)[C@H]1C)[C@H]1O[C@@](O)(CCCOCCO)C(Br)=CC1=O. The summed E-state index contributed by atoms with van der Waals surface area (Å²) in [6.45, 7) is 1.94. The number of ketones is 1. The standard InChI is InChI=1S/C23H28BrNO9/c1-14-18(15-7-4-3-5-8-15)33-22(29)25(14)21(28)20(31-2)19-16(27)13-17(24)23(30,34-19)9-6-11-32-12-10-26/h3-5,7-8,13-14,18-20,26,30H,6,9-12H2,1-2H3/t14-,18-,19+,20-,23+/m1/s1. The summed E-state index contributed by atoms with van der Waals surface area (Å²) in [5, 5.41) is 19.8. The minimum Gasteiger partial charge on any atom is -0.439 e. The van der Waals surface area contributed by atoms with Crippen LogP contribution in [0.15, 0.2) is 40.9 Å². The molecule has 2 aliphatic heterocycles. The molecule has 0 aliphatic carbocycles. The van der Waals surface area contributed by atoms with Gasteiger partial charge >= 0.3 is 6.09 Å².